The number of carboxylic acids is 1. The number of pyridine rings is 1. The fourth-order valence-corrected chi connectivity index (χ4v) is 6.55. The Morgan fingerprint density at radius 1 is 1.05 bits per heavy atom. The number of anilines is 1. The third-order valence-electron chi connectivity index (χ3n) is 8.85. The predicted molar refractivity (Wildman–Crippen MR) is 170 cm³/mol. The first-order valence-corrected chi connectivity index (χ1v) is 15.5. The Bertz CT molecular complexity index is 1500. The van der Waals surface area contributed by atoms with Crippen LogP contribution in [0.25, 0.3) is 11.1 Å². The number of carbonyl (C=O) groups is 1. The Labute approximate surface area is 255 Å². The van der Waals surface area contributed by atoms with Gasteiger partial charge in [-0.3, -0.25) is 9.88 Å². The average molecular weight is 588 g/mol. The highest BCUT2D eigenvalue weighted by atomic mass is 19.1. The number of hydrogen-bond acceptors (Lipinski definition) is 5. The number of aromatic nitrogens is 1. The van der Waals surface area contributed by atoms with Crippen LogP contribution in [0.5, 0.6) is 0 Å². The molecule has 0 spiro atoms. The maximum Gasteiger partial charge on any atom is 0.337 e. The zero-order valence-corrected chi connectivity index (χ0v) is 26.8. The Hall–Kier alpha value is -3.29. The molecular formula is C36H46FN3O3. The molecule has 7 heteroatoms. The Kier molecular flexibility index (Phi) is 8.70. The van der Waals surface area contributed by atoms with Crippen LogP contribution < -0.4 is 4.90 Å². The van der Waals surface area contributed by atoms with Gasteiger partial charge in [0.25, 0.3) is 0 Å². The van der Waals surface area contributed by atoms with E-state index in [0.717, 1.165) is 73.5 Å². The normalized spacial score (nSPS) is 17.9. The van der Waals surface area contributed by atoms with E-state index in [0.29, 0.717) is 17.8 Å². The second kappa shape index (κ2) is 12.0. The molecule has 2 aliphatic rings. The van der Waals surface area contributed by atoms with Gasteiger partial charge in [0.1, 0.15) is 5.82 Å². The molecular weight excluding hydrogens is 541 g/mol. The summed E-state index contributed by atoms with van der Waals surface area (Å²) in [5.41, 5.74) is 8.38. The van der Waals surface area contributed by atoms with E-state index in [2.05, 4.69) is 41.8 Å². The monoisotopic (exact) mass is 587 g/mol. The number of piperidine rings is 1. The number of nitrogens with zero attached hydrogens (tertiary/aromatic N) is 3. The molecule has 230 valence electrons. The Morgan fingerprint density at radius 2 is 1.77 bits per heavy atom. The van der Waals surface area contributed by atoms with Crippen LogP contribution >= 0.6 is 0 Å². The van der Waals surface area contributed by atoms with Crippen molar-refractivity contribution in [2.45, 2.75) is 92.5 Å². The molecule has 0 radical (unpaired) electrons. The van der Waals surface area contributed by atoms with Crippen LogP contribution in [0.1, 0.15) is 87.2 Å². The van der Waals surface area contributed by atoms with Gasteiger partial charge < -0.3 is 14.7 Å². The minimum absolute atomic E-state index is 0.202. The fourth-order valence-electron chi connectivity index (χ4n) is 6.55. The number of carboxylic acid groups (broad SMARTS) is 1. The SMILES string of the molecule is Cc1nc(C)c(C(OC(C)(C)C)C(=O)O)c(N2CCC(C)(C)CC2)c1-c1ccc2c(c1)CCN(Cc1cccc(F)c1)C2. The first-order chi connectivity index (χ1) is 20.2. The van der Waals surface area contributed by atoms with Gasteiger partial charge in [-0.25, -0.2) is 9.18 Å². The van der Waals surface area contributed by atoms with Crippen molar-refractivity contribution in [1.82, 2.24) is 9.88 Å². The quantitative estimate of drug-likeness (QED) is 0.307. The van der Waals surface area contributed by atoms with Crippen LogP contribution in [0, 0.1) is 25.1 Å². The number of aryl methyl sites for hydroxylation is 2. The van der Waals surface area contributed by atoms with Crippen molar-refractivity contribution in [3.05, 3.63) is 81.9 Å². The second-order valence-electron chi connectivity index (χ2n) is 14.1. The molecule has 5 rings (SSSR count). The van der Waals surface area contributed by atoms with Crippen molar-refractivity contribution in [2.24, 2.45) is 5.41 Å². The van der Waals surface area contributed by atoms with Gasteiger partial charge in [0.15, 0.2) is 6.10 Å². The summed E-state index contributed by atoms with van der Waals surface area (Å²) in [6.45, 7) is 18.3. The molecule has 43 heavy (non-hydrogen) atoms. The molecule has 6 nitrogen and oxygen atoms in total. The first kappa shape index (κ1) is 31.1. The highest BCUT2D eigenvalue weighted by molar-refractivity contribution is 5.88. The Morgan fingerprint density at radius 3 is 2.42 bits per heavy atom. The van der Waals surface area contributed by atoms with E-state index in [4.69, 9.17) is 9.72 Å². The molecule has 2 aliphatic heterocycles. The van der Waals surface area contributed by atoms with Crippen molar-refractivity contribution in [2.75, 3.05) is 24.5 Å². The number of hydrogen-bond donors (Lipinski definition) is 1. The van der Waals surface area contributed by atoms with Gasteiger partial charge in [0.2, 0.25) is 0 Å². The van der Waals surface area contributed by atoms with Gasteiger partial charge in [-0.05, 0) is 93.7 Å². The summed E-state index contributed by atoms with van der Waals surface area (Å²) < 4.78 is 20.0. The molecule has 3 aromatic rings. The van der Waals surface area contributed by atoms with Crippen molar-refractivity contribution in [3.8, 4) is 11.1 Å². The molecule has 1 fully saturated rings. The van der Waals surface area contributed by atoms with Crippen LogP contribution in [-0.4, -0.2) is 46.2 Å². The van der Waals surface area contributed by atoms with E-state index in [9.17, 15) is 14.3 Å². The highest BCUT2D eigenvalue weighted by Gasteiger charge is 2.36. The third kappa shape index (κ3) is 7.10. The number of halogens is 1. The van der Waals surface area contributed by atoms with Crippen LogP contribution in [0.15, 0.2) is 42.5 Å². The molecule has 0 amide bonds. The lowest BCUT2D eigenvalue weighted by Gasteiger charge is -2.41. The zero-order chi connectivity index (χ0) is 31.1. The van der Waals surface area contributed by atoms with Gasteiger partial charge in [0, 0.05) is 55.2 Å². The zero-order valence-electron chi connectivity index (χ0n) is 26.8. The highest BCUT2D eigenvalue weighted by Crippen LogP contribution is 2.45. The number of fused-ring (bicyclic) bond motifs is 1. The van der Waals surface area contributed by atoms with E-state index in [1.165, 1.54) is 17.2 Å². The van der Waals surface area contributed by atoms with Crippen LogP contribution in [-0.2, 0) is 29.0 Å². The van der Waals surface area contributed by atoms with E-state index in [1.54, 1.807) is 12.1 Å². The van der Waals surface area contributed by atoms with Gasteiger partial charge in [-0.15, -0.1) is 0 Å². The van der Waals surface area contributed by atoms with E-state index >= 15 is 0 Å². The maximum absolute atomic E-state index is 13.8. The smallest absolute Gasteiger partial charge is 0.337 e. The summed E-state index contributed by atoms with van der Waals surface area (Å²) in [7, 11) is 0. The lowest BCUT2D eigenvalue weighted by Crippen LogP contribution is -2.39. The molecule has 1 atom stereocenters. The van der Waals surface area contributed by atoms with E-state index in [-0.39, 0.29) is 11.2 Å². The van der Waals surface area contributed by atoms with Crippen molar-refractivity contribution in [3.63, 3.8) is 0 Å². The number of rotatable bonds is 7. The van der Waals surface area contributed by atoms with E-state index < -0.39 is 17.7 Å². The van der Waals surface area contributed by atoms with Gasteiger partial charge in [0.05, 0.1) is 11.3 Å². The van der Waals surface area contributed by atoms with Crippen LogP contribution in [0.4, 0.5) is 10.1 Å². The molecule has 1 N–H and O–H groups in total. The van der Waals surface area contributed by atoms with Crippen molar-refractivity contribution < 1.29 is 19.0 Å². The predicted octanol–water partition coefficient (Wildman–Crippen LogP) is 7.63. The summed E-state index contributed by atoms with van der Waals surface area (Å²) >= 11 is 0. The summed E-state index contributed by atoms with van der Waals surface area (Å²) in [4.78, 5) is 22.4. The standard InChI is InChI=1S/C36H46FN3O3/c1-23-30(27-11-12-28-22-39(16-13-26(28)20-27)21-25-9-8-10-29(37)19-25)32(40-17-14-36(6,7)15-18-40)31(24(2)38-23)33(34(41)42)43-35(3,4)5/h8-12,19-20,33H,13-18,21-22H2,1-7H3,(H,41,42). The summed E-state index contributed by atoms with van der Waals surface area (Å²) in [5.74, 6) is -1.20. The fraction of sp³-hybridized carbons (Fsp3) is 0.500. The molecule has 0 aliphatic carbocycles. The molecule has 1 unspecified atom stereocenters. The summed E-state index contributed by atoms with van der Waals surface area (Å²) in [6, 6.07) is 13.5. The minimum Gasteiger partial charge on any atom is -0.479 e. The molecule has 2 aromatic carbocycles. The van der Waals surface area contributed by atoms with E-state index in [1.807, 2.05) is 40.7 Å². The van der Waals surface area contributed by atoms with Crippen LogP contribution in [0.3, 0.4) is 0 Å². The average Bonchev–Trinajstić information content (AvgIpc) is 2.91. The number of benzene rings is 2. The third-order valence-corrected chi connectivity index (χ3v) is 8.85. The van der Waals surface area contributed by atoms with Gasteiger partial charge in [-0.1, -0.05) is 44.2 Å². The Balaban J connectivity index is 1.57. The lowest BCUT2D eigenvalue weighted by atomic mass is 9.81. The molecule has 3 heterocycles. The minimum atomic E-state index is -1.13. The maximum atomic E-state index is 13.8. The number of ether oxygens (including phenoxy) is 1. The molecule has 1 saturated heterocycles. The summed E-state index contributed by atoms with van der Waals surface area (Å²) in [5, 5.41) is 10.5. The molecule has 1 aromatic heterocycles. The molecule has 0 bridgehead atoms. The van der Waals surface area contributed by atoms with Crippen molar-refractivity contribution in [1.29, 1.82) is 0 Å². The number of aliphatic carboxylic acids is 1. The topological polar surface area (TPSA) is 65.9 Å². The molecule has 0 saturated carbocycles. The van der Waals surface area contributed by atoms with Crippen LogP contribution in [0.2, 0.25) is 0 Å². The largest absolute Gasteiger partial charge is 0.479 e. The summed E-state index contributed by atoms with van der Waals surface area (Å²) in [6.07, 6.45) is 1.80. The second-order valence-corrected chi connectivity index (χ2v) is 14.1. The van der Waals surface area contributed by atoms with Crippen molar-refractivity contribution >= 4 is 11.7 Å². The van der Waals surface area contributed by atoms with Gasteiger partial charge >= 0.3 is 5.97 Å². The lowest BCUT2D eigenvalue weighted by molar-refractivity contribution is -0.160. The first-order valence-electron chi connectivity index (χ1n) is 15.5. The van der Waals surface area contributed by atoms with Gasteiger partial charge in [-0.2, -0.15) is 0 Å².